The molecule has 5 heteroatoms. The number of hydrogen-bond acceptors (Lipinski definition) is 4. The van der Waals surface area contributed by atoms with Crippen LogP contribution in [0.15, 0.2) is 24.3 Å². The van der Waals surface area contributed by atoms with Crippen LogP contribution >= 0.6 is 11.8 Å². The zero-order valence-electron chi connectivity index (χ0n) is 12.7. The van der Waals surface area contributed by atoms with Gasteiger partial charge in [0.25, 0.3) is 0 Å². The van der Waals surface area contributed by atoms with Crippen LogP contribution in [0.1, 0.15) is 17.5 Å². The highest BCUT2D eigenvalue weighted by atomic mass is 32.2. The number of benzene rings is 1. The highest BCUT2D eigenvalue weighted by molar-refractivity contribution is 8.14. The van der Waals surface area contributed by atoms with Crippen LogP contribution in [0.25, 0.3) is 0 Å². The Balaban J connectivity index is 1.90. The number of amides is 1. The van der Waals surface area contributed by atoms with E-state index in [2.05, 4.69) is 11.2 Å². The molecule has 1 heterocycles. The third-order valence-corrected chi connectivity index (χ3v) is 4.49. The van der Waals surface area contributed by atoms with Gasteiger partial charge in [-0.3, -0.25) is 14.5 Å². The minimum Gasteiger partial charge on any atom is -0.344 e. The van der Waals surface area contributed by atoms with Crippen LogP contribution in [0.5, 0.6) is 0 Å². The fourth-order valence-electron chi connectivity index (χ4n) is 2.32. The lowest BCUT2D eigenvalue weighted by molar-refractivity contribution is -0.125. The molecule has 0 aliphatic carbocycles. The molecule has 0 aromatic heterocycles. The van der Waals surface area contributed by atoms with E-state index in [1.807, 2.05) is 36.1 Å². The number of carbonyl (C=O) groups is 2. The molecule has 1 atom stereocenters. The topological polar surface area (TPSA) is 49.4 Å². The van der Waals surface area contributed by atoms with Crippen LogP contribution in [-0.4, -0.2) is 40.8 Å². The number of terminal acetylenes is 1. The van der Waals surface area contributed by atoms with Crippen molar-refractivity contribution in [2.75, 3.05) is 18.8 Å². The van der Waals surface area contributed by atoms with Crippen molar-refractivity contribution in [2.45, 2.75) is 25.9 Å². The maximum Gasteiger partial charge on any atom is 0.234 e. The van der Waals surface area contributed by atoms with E-state index in [4.69, 9.17) is 6.42 Å². The fraction of sp³-hybridized carbons (Fsp3) is 0.412. The van der Waals surface area contributed by atoms with Crippen LogP contribution in [0, 0.1) is 19.3 Å². The fourth-order valence-corrected chi connectivity index (χ4v) is 3.25. The van der Waals surface area contributed by atoms with Crippen molar-refractivity contribution in [1.29, 1.82) is 0 Å². The van der Waals surface area contributed by atoms with Gasteiger partial charge < -0.3 is 5.32 Å². The van der Waals surface area contributed by atoms with E-state index >= 15 is 0 Å². The zero-order chi connectivity index (χ0) is 15.9. The standard InChI is InChI=1S/C17H20N2O2S/c1-3-9-19(11-14-6-4-13(2)5-7-14)12-16(20)18-15-8-10-22-17(15)21/h1,4-7,15H,8-12H2,2H3,(H,18,20)/t15-/m1/s1. The number of carbonyl (C=O) groups excluding carboxylic acids is 2. The largest absolute Gasteiger partial charge is 0.344 e. The molecule has 0 radical (unpaired) electrons. The quantitative estimate of drug-likeness (QED) is 0.810. The highest BCUT2D eigenvalue weighted by Crippen LogP contribution is 2.19. The van der Waals surface area contributed by atoms with Gasteiger partial charge in [0.1, 0.15) is 0 Å². The molecule has 1 aliphatic rings. The molecule has 2 rings (SSSR count). The van der Waals surface area contributed by atoms with E-state index in [1.54, 1.807) is 0 Å². The summed E-state index contributed by atoms with van der Waals surface area (Å²) in [7, 11) is 0. The Bertz CT molecular complexity index is 577. The van der Waals surface area contributed by atoms with Crippen molar-refractivity contribution in [1.82, 2.24) is 10.2 Å². The van der Waals surface area contributed by atoms with Gasteiger partial charge in [-0.2, -0.15) is 0 Å². The Hall–Kier alpha value is -1.77. The van der Waals surface area contributed by atoms with Gasteiger partial charge in [-0.15, -0.1) is 6.42 Å². The number of hydrogen-bond donors (Lipinski definition) is 1. The van der Waals surface area contributed by atoms with E-state index < -0.39 is 0 Å². The van der Waals surface area contributed by atoms with Gasteiger partial charge in [-0.25, -0.2) is 0 Å². The van der Waals surface area contributed by atoms with Crippen molar-refractivity contribution in [3.63, 3.8) is 0 Å². The summed E-state index contributed by atoms with van der Waals surface area (Å²) in [6, 6.07) is 7.81. The Morgan fingerprint density at radius 1 is 1.45 bits per heavy atom. The summed E-state index contributed by atoms with van der Waals surface area (Å²) in [5.74, 6) is 3.21. The Kier molecular flexibility index (Phi) is 6.05. The lowest BCUT2D eigenvalue weighted by Gasteiger charge is -2.20. The van der Waals surface area contributed by atoms with Gasteiger partial charge in [0.2, 0.25) is 11.0 Å². The molecule has 1 saturated heterocycles. The molecule has 0 spiro atoms. The van der Waals surface area contributed by atoms with E-state index in [-0.39, 0.29) is 23.6 Å². The molecule has 0 saturated carbocycles. The minimum atomic E-state index is -0.343. The van der Waals surface area contributed by atoms with Crippen molar-refractivity contribution < 1.29 is 9.59 Å². The number of nitrogens with one attached hydrogen (secondary N) is 1. The third kappa shape index (κ3) is 4.90. The summed E-state index contributed by atoms with van der Waals surface area (Å²) >= 11 is 1.28. The molecule has 1 aromatic carbocycles. The smallest absolute Gasteiger partial charge is 0.234 e. The van der Waals surface area contributed by atoms with Gasteiger partial charge in [0.05, 0.1) is 19.1 Å². The van der Waals surface area contributed by atoms with E-state index in [1.165, 1.54) is 17.3 Å². The summed E-state index contributed by atoms with van der Waals surface area (Å²) in [5.41, 5.74) is 2.31. The maximum atomic E-state index is 12.1. The maximum absolute atomic E-state index is 12.1. The summed E-state index contributed by atoms with van der Waals surface area (Å²) in [4.78, 5) is 25.5. The van der Waals surface area contributed by atoms with Crippen molar-refractivity contribution >= 4 is 22.8 Å². The van der Waals surface area contributed by atoms with Gasteiger partial charge in [0.15, 0.2) is 0 Å². The zero-order valence-corrected chi connectivity index (χ0v) is 13.5. The van der Waals surface area contributed by atoms with E-state index in [0.29, 0.717) is 19.5 Å². The average Bonchev–Trinajstić information content (AvgIpc) is 2.87. The molecule has 0 bridgehead atoms. The van der Waals surface area contributed by atoms with Gasteiger partial charge in [-0.05, 0) is 18.9 Å². The first kappa shape index (κ1) is 16.6. The van der Waals surface area contributed by atoms with Crippen molar-refractivity contribution in [2.24, 2.45) is 0 Å². The second-order valence-corrected chi connectivity index (χ2v) is 6.51. The summed E-state index contributed by atoms with van der Waals surface area (Å²) in [6.45, 7) is 3.25. The lowest BCUT2D eigenvalue weighted by Crippen LogP contribution is -2.43. The molecule has 22 heavy (non-hydrogen) atoms. The van der Waals surface area contributed by atoms with Crippen LogP contribution < -0.4 is 5.32 Å². The molecule has 4 nitrogen and oxygen atoms in total. The number of thioether (sulfide) groups is 1. The monoisotopic (exact) mass is 316 g/mol. The molecule has 1 amide bonds. The Morgan fingerprint density at radius 2 is 2.18 bits per heavy atom. The number of rotatable bonds is 6. The minimum absolute atomic E-state index is 0.0513. The van der Waals surface area contributed by atoms with Gasteiger partial charge in [-0.1, -0.05) is 47.5 Å². The highest BCUT2D eigenvalue weighted by Gasteiger charge is 2.27. The number of nitrogens with zero attached hydrogens (tertiary/aromatic N) is 1. The van der Waals surface area contributed by atoms with Crippen molar-refractivity contribution in [3.8, 4) is 12.3 Å². The first-order valence-corrected chi connectivity index (χ1v) is 8.24. The Morgan fingerprint density at radius 3 is 2.77 bits per heavy atom. The van der Waals surface area contributed by atoms with Crippen LogP contribution in [0.4, 0.5) is 0 Å². The van der Waals surface area contributed by atoms with Crippen molar-refractivity contribution in [3.05, 3.63) is 35.4 Å². The molecule has 1 aromatic rings. The Labute approximate surface area is 135 Å². The number of aryl methyl sites for hydroxylation is 1. The van der Waals surface area contributed by atoms with E-state index in [0.717, 1.165) is 11.3 Å². The third-order valence-electron chi connectivity index (χ3n) is 3.48. The summed E-state index contributed by atoms with van der Waals surface area (Å²) in [6.07, 6.45) is 6.10. The predicted molar refractivity (Wildman–Crippen MR) is 89.3 cm³/mol. The van der Waals surface area contributed by atoms with Gasteiger partial charge in [0, 0.05) is 12.3 Å². The lowest BCUT2D eigenvalue weighted by atomic mass is 10.1. The van der Waals surface area contributed by atoms with Crippen LogP contribution in [-0.2, 0) is 16.1 Å². The summed E-state index contributed by atoms with van der Waals surface area (Å²) < 4.78 is 0. The van der Waals surface area contributed by atoms with Gasteiger partial charge >= 0.3 is 0 Å². The molecule has 1 aliphatic heterocycles. The molecule has 116 valence electrons. The predicted octanol–water partition coefficient (Wildman–Crippen LogP) is 1.58. The second kappa shape index (κ2) is 8.02. The van der Waals surface area contributed by atoms with Crippen LogP contribution in [0.3, 0.4) is 0 Å². The average molecular weight is 316 g/mol. The molecule has 1 fully saturated rings. The first-order chi connectivity index (χ1) is 10.6. The molecule has 0 unspecified atom stereocenters. The normalized spacial score (nSPS) is 17.5. The van der Waals surface area contributed by atoms with Crippen LogP contribution in [0.2, 0.25) is 0 Å². The molecular weight excluding hydrogens is 296 g/mol. The summed E-state index contributed by atoms with van der Waals surface area (Å²) in [5, 5.41) is 2.84. The second-order valence-electron chi connectivity index (χ2n) is 5.41. The van der Waals surface area contributed by atoms with E-state index in [9.17, 15) is 9.59 Å². The molecule has 1 N–H and O–H groups in total. The SMILES string of the molecule is C#CCN(CC(=O)N[C@@H]1CCSC1=O)Cc1ccc(C)cc1. The molecular formula is C17H20N2O2S. The first-order valence-electron chi connectivity index (χ1n) is 7.26.